The minimum atomic E-state index is -0.186. The molecule has 0 unspecified atom stereocenters. The van der Waals surface area contributed by atoms with Gasteiger partial charge in [0.25, 0.3) is 5.56 Å². The van der Waals surface area contributed by atoms with Crippen LogP contribution >= 0.6 is 45.9 Å². The Morgan fingerprint density at radius 1 is 1.21 bits per heavy atom. The van der Waals surface area contributed by atoms with Crippen LogP contribution in [0.5, 0.6) is 0 Å². The summed E-state index contributed by atoms with van der Waals surface area (Å²) in [6.07, 6.45) is 1.49. The maximum atomic E-state index is 12.7. The van der Waals surface area contributed by atoms with E-state index in [0.717, 1.165) is 16.3 Å². The predicted molar refractivity (Wildman–Crippen MR) is 101 cm³/mol. The molecule has 4 nitrogen and oxygen atoms in total. The quantitative estimate of drug-likeness (QED) is 0.495. The van der Waals surface area contributed by atoms with E-state index in [4.69, 9.17) is 23.2 Å². The van der Waals surface area contributed by atoms with Crippen LogP contribution in [0.15, 0.2) is 45.5 Å². The van der Waals surface area contributed by atoms with Gasteiger partial charge in [-0.15, -0.1) is 11.3 Å². The zero-order chi connectivity index (χ0) is 16.7. The average Bonchev–Trinajstić information content (AvgIpc) is 3.21. The number of thiophene rings is 1. The Morgan fingerprint density at radius 3 is 2.88 bits per heavy atom. The molecule has 0 bridgehead atoms. The van der Waals surface area contributed by atoms with Crippen molar-refractivity contribution in [2.75, 3.05) is 0 Å². The molecule has 3 aromatic heterocycles. The Balaban J connectivity index is 1.73. The molecular formula is C16H9Cl2N3OS2. The van der Waals surface area contributed by atoms with Crippen molar-refractivity contribution < 1.29 is 0 Å². The van der Waals surface area contributed by atoms with Gasteiger partial charge in [0, 0.05) is 21.3 Å². The van der Waals surface area contributed by atoms with Crippen LogP contribution < -0.4 is 5.56 Å². The average molecular weight is 394 g/mol. The summed E-state index contributed by atoms with van der Waals surface area (Å²) in [5.41, 5.74) is 2.19. The summed E-state index contributed by atoms with van der Waals surface area (Å²) in [6, 6.07) is 5.20. The van der Waals surface area contributed by atoms with Crippen LogP contribution in [-0.2, 0) is 6.54 Å². The maximum Gasteiger partial charge on any atom is 0.261 e. The molecule has 120 valence electrons. The summed E-state index contributed by atoms with van der Waals surface area (Å²) in [5, 5.41) is 8.15. The zero-order valence-electron chi connectivity index (χ0n) is 12.1. The molecule has 0 saturated heterocycles. The third-order valence-electron chi connectivity index (χ3n) is 3.50. The predicted octanol–water partition coefficient (Wildman–Crippen LogP) is 4.94. The van der Waals surface area contributed by atoms with Gasteiger partial charge in [-0.3, -0.25) is 9.36 Å². The van der Waals surface area contributed by atoms with Crippen molar-refractivity contribution in [3.05, 3.63) is 66.8 Å². The Hall–Kier alpha value is -1.73. The lowest BCUT2D eigenvalue weighted by Gasteiger charge is -2.06. The molecule has 24 heavy (non-hydrogen) atoms. The molecule has 1 aromatic carbocycles. The zero-order valence-corrected chi connectivity index (χ0v) is 15.2. The molecular weight excluding hydrogens is 385 g/mol. The van der Waals surface area contributed by atoms with Crippen molar-refractivity contribution in [1.82, 2.24) is 14.5 Å². The smallest absolute Gasteiger partial charge is 0.261 e. The second-order valence-electron chi connectivity index (χ2n) is 5.12. The number of hydrogen-bond acceptors (Lipinski definition) is 5. The van der Waals surface area contributed by atoms with Crippen molar-refractivity contribution in [2.24, 2.45) is 0 Å². The van der Waals surface area contributed by atoms with Gasteiger partial charge in [-0.25, -0.2) is 9.97 Å². The van der Waals surface area contributed by atoms with Crippen molar-refractivity contribution >= 4 is 56.8 Å². The number of benzene rings is 1. The molecule has 4 rings (SSSR count). The fraction of sp³-hybridized carbons (Fsp3) is 0.0625. The van der Waals surface area contributed by atoms with E-state index < -0.39 is 0 Å². The third kappa shape index (κ3) is 2.86. The van der Waals surface area contributed by atoms with Crippen molar-refractivity contribution in [3.63, 3.8) is 0 Å². The van der Waals surface area contributed by atoms with Gasteiger partial charge < -0.3 is 0 Å². The molecule has 0 radical (unpaired) electrons. The standard InChI is InChI=1S/C16H9Cl2N3OS2/c17-10-3-12-14(13(18)4-10)19-8-21(16(12)22)5-11-7-24-15(20-11)9-1-2-23-6-9/h1-4,6-8H,5H2. The Bertz CT molecular complexity index is 1090. The van der Waals surface area contributed by atoms with E-state index in [2.05, 4.69) is 15.3 Å². The molecule has 0 saturated carbocycles. The lowest BCUT2D eigenvalue weighted by Crippen LogP contribution is -2.21. The van der Waals surface area contributed by atoms with Gasteiger partial charge in [0.1, 0.15) is 5.01 Å². The highest BCUT2D eigenvalue weighted by molar-refractivity contribution is 7.14. The second-order valence-corrected chi connectivity index (χ2v) is 7.60. The van der Waals surface area contributed by atoms with Crippen LogP contribution in [0.3, 0.4) is 0 Å². The van der Waals surface area contributed by atoms with Crippen LogP contribution in [0.1, 0.15) is 5.69 Å². The highest BCUT2D eigenvalue weighted by atomic mass is 35.5. The highest BCUT2D eigenvalue weighted by Crippen LogP contribution is 2.26. The summed E-state index contributed by atoms with van der Waals surface area (Å²) >= 11 is 15.3. The number of aromatic nitrogens is 3. The molecule has 0 N–H and O–H groups in total. The first-order valence-electron chi connectivity index (χ1n) is 6.93. The van der Waals surface area contributed by atoms with Gasteiger partial charge in [0.2, 0.25) is 0 Å². The first-order valence-corrected chi connectivity index (χ1v) is 9.51. The van der Waals surface area contributed by atoms with Crippen molar-refractivity contribution in [2.45, 2.75) is 6.54 Å². The van der Waals surface area contributed by atoms with E-state index in [1.54, 1.807) is 34.8 Å². The number of halogens is 2. The summed E-state index contributed by atoms with van der Waals surface area (Å²) in [6.45, 7) is 0.354. The minimum Gasteiger partial charge on any atom is -0.293 e. The van der Waals surface area contributed by atoms with Gasteiger partial charge >= 0.3 is 0 Å². The summed E-state index contributed by atoms with van der Waals surface area (Å²) in [5.74, 6) is 0. The second kappa shape index (κ2) is 6.29. The molecule has 8 heteroatoms. The molecule has 0 amide bonds. The number of rotatable bonds is 3. The number of nitrogens with zero attached hydrogens (tertiary/aromatic N) is 3. The van der Waals surface area contributed by atoms with E-state index in [1.165, 1.54) is 10.9 Å². The monoisotopic (exact) mass is 393 g/mol. The van der Waals surface area contributed by atoms with Crippen molar-refractivity contribution in [1.29, 1.82) is 0 Å². The van der Waals surface area contributed by atoms with Gasteiger partial charge in [-0.05, 0) is 23.6 Å². The third-order valence-corrected chi connectivity index (χ3v) is 5.63. The minimum absolute atomic E-state index is 0.186. The van der Waals surface area contributed by atoms with E-state index in [9.17, 15) is 4.79 Å². The van der Waals surface area contributed by atoms with Crippen LogP contribution in [-0.4, -0.2) is 14.5 Å². The molecule has 0 aliphatic heterocycles. The van der Waals surface area contributed by atoms with Gasteiger partial charge in [0.15, 0.2) is 0 Å². The van der Waals surface area contributed by atoms with Crippen LogP contribution in [0.4, 0.5) is 0 Å². The maximum absolute atomic E-state index is 12.7. The van der Waals surface area contributed by atoms with Crippen LogP contribution in [0, 0.1) is 0 Å². The van der Waals surface area contributed by atoms with Gasteiger partial charge in [-0.1, -0.05) is 23.2 Å². The highest BCUT2D eigenvalue weighted by Gasteiger charge is 2.11. The molecule has 3 heterocycles. The molecule has 0 atom stereocenters. The fourth-order valence-electron chi connectivity index (χ4n) is 2.38. The largest absolute Gasteiger partial charge is 0.293 e. The Labute approximate surface area is 155 Å². The molecule has 0 spiro atoms. The first-order chi connectivity index (χ1) is 11.6. The fourth-order valence-corrected chi connectivity index (χ4v) is 4.45. The van der Waals surface area contributed by atoms with E-state index in [-0.39, 0.29) is 5.56 Å². The normalized spacial score (nSPS) is 11.2. The molecule has 4 aromatic rings. The summed E-state index contributed by atoms with van der Waals surface area (Å²) < 4.78 is 1.52. The summed E-state index contributed by atoms with van der Waals surface area (Å²) in [7, 11) is 0. The molecule has 0 aliphatic rings. The van der Waals surface area contributed by atoms with E-state index in [0.29, 0.717) is 27.5 Å². The van der Waals surface area contributed by atoms with Gasteiger partial charge in [0.05, 0.1) is 34.5 Å². The summed E-state index contributed by atoms with van der Waals surface area (Å²) in [4.78, 5) is 21.5. The topological polar surface area (TPSA) is 47.8 Å². The Kier molecular flexibility index (Phi) is 4.14. The SMILES string of the molecule is O=c1c2cc(Cl)cc(Cl)c2ncn1Cc1csc(-c2ccsc2)n1. The van der Waals surface area contributed by atoms with E-state index in [1.807, 2.05) is 16.8 Å². The first kappa shape index (κ1) is 15.8. The van der Waals surface area contributed by atoms with Crippen LogP contribution in [0.2, 0.25) is 10.0 Å². The molecule has 0 fully saturated rings. The van der Waals surface area contributed by atoms with Crippen molar-refractivity contribution in [3.8, 4) is 10.6 Å². The lowest BCUT2D eigenvalue weighted by atomic mass is 10.2. The van der Waals surface area contributed by atoms with Gasteiger partial charge in [-0.2, -0.15) is 11.3 Å². The van der Waals surface area contributed by atoms with Crippen LogP contribution in [0.25, 0.3) is 21.5 Å². The number of fused-ring (bicyclic) bond motifs is 1. The number of hydrogen-bond donors (Lipinski definition) is 0. The molecule has 0 aliphatic carbocycles. The Morgan fingerprint density at radius 2 is 2.08 bits per heavy atom. The lowest BCUT2D eigenvalue weighted by molar-refractivity contribution is 0.734. The number of thiazole rings is 1. The van der Waals surface area contributed by atoms with E-state index >= 15 is 0 Å².